The number of rotatable bonds is 19. The van der Waals surface area contributed by atoms with Crippen LogP contribution in [0.15, 0.2) is 30.3 Å². The zero-order chi connectivity index (χ0) is 31.1. The number of anilines is 4. The van der Waals surface area contributed by atoms with E-state index in [1.165, 1.54) is 0 Å². The molecule has 1 aromatic carbocycles. The second-order valence-corrected chi connectivity index (χ2v) is 10.6. The van der Waals surface area contributed by atoms with Crippen LogP contribution in [-0.4, -0.2) is 127 Å². The van der Waals surface area contributed by atoms with Crippen LogP contribution in [0.3, 0.4) is 0 Å². The van der Waals surface area contributed by atoms with Gasteiger partial charge in [-0.2, -0.15) is 9.97 Å². The molecule has 3 aromatic rings. The van der Waals surface area contributed by atoms with Crippen molar-refractivity contribution in [3.63, 3.8) is 0 Å². The third-order valence-electron chi connectivity index (χ3n) is 7.71. The lowest BCUT2D eigenvalue weighted by atomic mass is 10.1. The van der Waals surface area contributed by atoms with E-state index in [9.17, 15) is 0 Å². The standard InChI is InChI=1S/C31H48N8O5/c1-40-19-15-38(16-20-41-2)30-34-27-26(28(35-30)32-23-24-9-7-6-8-10-24)33-31(39(17-21-42-3)18-22-43-4)36-29(27)37-13-11-25(44-5)12-14-37/h6-10,25H,11-23H2,1-5H3,(H,32,34,35). The number of hydrogen-bond acceptors (Lipinski definition) is 13. The average Bonchev–Trinajstić information content (AvgIpc) is 3.07. The number of nitrogens with zero attached hydrogens (tertiary/aromatic N) is 7. The van der Waals surface area contributed by atoms with Crippen molar-refractivity contribution >= 4 is 34.6 Å². The molecule has 0 radical (unpaired) electrons. The minimum Gasteiger partial charge on any atom is -0.383 e. The Morgan fingerprint density at radius 2 is 1.23 bits per heavy atom. The number of methoxy groups -OCH3 is 5. The molecule has 1 N–H and O–H groups in total. The van der Waals surface area contributed by atoms with Crippen molar-refractivity contribution in [2.75, 3.05) is 121 Å². The van der Waals surface area contributed by atoms with Crippen molar-refractivity contribution < 1.29 is 23.7 Å². The van der Waals surface area contributed by atoms with E-state index < -0.39 is 0 Å². The SMILES string of the molecule is COCCN(CCOC)c1nc(N2CCC(OC)CC2)c2nc(N(CCOC)CCOC)nc(NCc3ccccc3)c2n1. The van der Waals surface area contributed by atoms with Crippen molar-refractivity contribution in [1.29, 1.82) is 0 Å². The van der Waals surface area contributed by atoms with E-state index in [1.54, 1.807) is 35.5 Å². The molecule has 2 aromatic heterocycles. The summed E-state index contributed by atoms with van der Waals surface area (Å²) in [5.41, 5.74) is 2.50. The van der Waals surface area contributed by atoms with Gasteiger partial charge in [-0.3, -0.25) is 0 Å². The Kier molecular flexibility index (Phi) is 13.6. The maximum atomic E-state index is 5.67. The largest absolute Gasteiger partial charge is 0.383 e. The van der Waals surface area contributed by atoms with E-state index in [4.69, 9.17) is 43.6 Å². The molecule has 1 saturated heterocycles. The highest BCUT2D eigenvalue weighted by Crippen LogP contribution is 2.33. The van der Waals surface area contributed by atoms with Gasteiger partial charge in [-0.25, -0.2) is 9.97 Å². The van der Waals surface area contributed by atoms with E-state index in [1.807, 2.05) is 18.2 Å². The predicted molar refractivity (Wildman–Crippen MR) is 173 cm³/mol. The normalized spacial score (nSPS) is 13.9. The molecular weight excluding hydrogens is 564 g/mol. The van der Waals surface area contributed by atoms with Crippen LogP contribution in [0.25, 0.3) is 11.0 Å². The molecule has 0 saturated carbocycles. The molecule has 44 heavy (non-hydrogen) atoms. The van der Waals surface area contributed by atoms with Crippen LogP contribution < -0.4 is 20.0 Å². The van der Waals surface area contributed by atoms with E-state index >= 15 is 0 Å². The number of benzene rings is 1. The minimum atomic E-state index is 0.227. The number of aromatic nitrogens is 4. The van der Waals surface area contributed by atoms with Gasteiger partial charge in [0.15, 0.2) is 11.6 Å². The summed E-state index contributed by atoms with van der Waals surface area (Å²) in [4.78, 5) is 26.9. The molecule has 0 aliphatic carbocycles. The van der Waals surface area contributed by atoms with Crippen LogP contribution in [0.1, 0.15) is 18.4 Å². The van der Waals surface area contributed by atoms with E-state index in [0.29, 0.717) is 87.9 Å². The highest BCUT2D eigenvalue weighted by molar-refractivity contribution is 5.95. The summed E-state index contributed by atoms with van der Waals surface area (Å²) in [7, 11) is 8.56. The quantitative estimate of drug-likeness (QED) is 0.214. The highest BCUT2D eigenvalue weighted by atomic mass is 16.5. The Balaban J connectivity index is 1.88. The molecule has 0 spiro atoms. The molecular formula is C31H48N8O5. The molecule has 1 aliphatic rings. The first-order valence-electron chi connectivity index (χ1n) is 15.2. The maximum Gasteiger partial charge on any atom is 0.228 e. The molecule has 0 bridgehead atoms. The zero-order valence-electron chi connectivity index (χ0n) is 26.8. The Morgan fingerprint density at radius 3 is 1.75 bits per heavy atom. The molecule has 242 valence electrons. The molecule has 1 aliphatic heterocycles. The van der Waals surface area contributed by atoms with Crippen LogP contribution in [0.2, 0.25) is 0 Å². The Hall–Kier alpha value is -3.36. The molecule has 0 atom stereocenters. The van der Waals surface area contributed by atoms with Crippen LogP contribution in [-0.2, 0) is 30.2 Å². The van der Waals surface area contributed by atoms with Gasteiger partial charge >= 0.3 is 0 Å². The second-order valence-electron chi connectivity index (χ2n) is 10.6. The summed E-state index contributed by atoms with van der Waals surface area (Å²) in [5.74, 6) is 2.58. The third kappa shape index (κ3) is 9.08. The van der Waals surface area contributed by atoms with Gasteiger partial charge in [-0.05, 0) is 18.4 Å². The van der Waals surface area contributed by atoms with Gasteiger partial charge < -0.3 is 43.7 Å². The number of nitrogens with one attached hydrogen (secondary N) is 1. The number of hydrogen-bond donors (Lipinski definition) is 1. The van der Waals surface area contributed by atoms with E-state index in [0.717, 1.165) is 37.3 Å². The van der Waals surface area contributed by atoms with Gasteiger partial charge in [0.05, 0.1) is 32.5 Å². The average molecular weight is 613 g/mol. The van der Waals surface area contributed by atoms with Crippen molar-refractivity contribution in [1.82, 2.24) is 19.9 Å². The fourth-order valence-electron chi connectivity index (χ4n) is 5.12. The number of piperidine rings is 1. The summed E-state index contributed by atoms with van der Waals surface area (Å²) in [6, 6.07) is 10.2. The van der Waals surface area contributed by atoms with Gasteiger partial charge in [0, 0.05) is 81.4 Å². The van der Waals surface area contributed by atoms with Gasteiger partial charge in [0.2, 0.25) is 11.9 Å². The minimum absolute atomic E-state index is 0.227. The number of fused-ring (bicyclic) bond motifs is 1. The molecule has 4 rings (SSSR count). The Bertz CT molecular complexity index is 1250. The molecule has 1 fully saturated rings. The smallest absolute Gasteiger partial charge is 0.228 e. The Morgan fingerprint density at radius 1 is 0.705 bits per heavy atom. The first kappa shape index (κ1) is 33.5. The van der Waals surface area contributed by atoms with Crippen LogP contribution in [0.4, 0.5) is 23.5 Å². The summed E-state index contributed by atoms with van der Waals surface area (Å²) in [6.07, 6.45) is 2.03. The first-order chi connectivity index (χ1) is 21.6. The van der Waals surface area contributed by atoms with Crippen molar-refractivity contribution in [3.05, 3.63) is 35.9 Å². The first-order valence-corrected chi connectivity index (χ1v) is 15.2. The topological polar surface area (TPSA) is 119 Å². The Labute approximate surface area is 260 Å². The van der Waals surface area contributed by atoms with Gasteiger partial charge in [-0.15, -0.1) is 0 Å². The van der Waals surface area contributed by atoms with E-state index in [-0.39, 0.29) is 6.10 Å². The van der Waals surface area contributed by atoms with Crippen LogP contribution in [0.5, 0.6) is 0 Å². The molecule has 0 amide bonds. The lowest BCUT2D eigenvalue weighted by molar-refractivity contribution is 0.0818. The fraction of sp³-hybridized carbons (Fsp3) is 0.613. The second kappa shape index (κ2) is 17.8. The van der Waals surface area contributed by atoms with Crippen molar-refractivity contribution in [2.45, 2.75) is 25.5 Å². The third-order valence-corrected chi connectivity index (χ3v) is 7.71. The van der Waals surface area contributed by atoms with Gasteiger partial charge in [0.25, 0.3) is 0 Å². The zero-order valence-corrected chi connectivity index (χ0v) is 26.8. The summed E-state index contributed by atoms with van der Waals surface area (Å²) < 4.78 is 27.4. The highest BCUT2D eigenvalue weighted by Gasteiger charge is 2.27. The summed E-state index contributed by atoms with van der Waals surface area (Å²) >= 11 is 0. The monoisotopic (exact) mass is 612 g/mol. The molecule has 3 heterocycles. The molecule has 13 heteroatoms. The lowest BCUT2D eigenvalue weighted by Gasteiger charge is -2.33. The van der Waals surface area contributed by atoms with Crippen molar-refractivity contribution in [3.8, 4) is 0 Å². The fourth-order valence-corrected chi connectivity index (χ4v) is 5.12. The van der Waals surface area contributed by atoms with Gasteiger partial charge in [0.1, 0.15) is 11.0 Å². The summed E-state index contributed by atoms with van der Waals surface area (Å²) in [5, 5.41) is 3.57. The molecule has 0 unspecified atom stereocenters. The van der Waals surface area contributed by atoms with E-state index in [2.05, 4.69) is 32.1 Å². The predicted octanol–water partition coefficient (Wildman–Crippen LogP) is 2.85. The summed E-state index contributed by atoms with van der Waals surface area (Å²) in [6.45, 7) is 6.73. The maximum absolute atomic E-state index is 5.67. The number of ether oxygens (including phenoxy) is 5. The molecule has 13 nitrogen and oxygen atoms in total. The lowest BCUT2D eigenvalue weighted by Crippen LogP contribution is -2.38. The van der Waals surface area contributed by atoms with Gasteiger partial charge in [-0.1, -0.05) is 30.3 Å². The van der Waals surface area contributed by atoms with Crippen molar-refractivity contribution in [2.24, 2.45) is 0 Å². The van der Waals surface area contributed by atoms with Crippen LogP contribution >= 0.6 is 0 Å². The van der Waals surface area contributed by atoms with Crippen LogP contribution in [0, 0.1) is 0 Å².